The Morgan fingerprint density at radius 2 is 1.90 bits per heavy atom. The highest BCUT2D eigenvalue weighted by molar-refractivity contribution is 6.10. The number of para-hydroxylation sites is 1. The van der Waals surface area contributed by atoms with Crippen molar-refractivity contribution in [2.45, 2.75) is 26.3 Å². The first kappa shape index (κ1) is 18.6. The zero-order valence-corrected chi connectivity index (χ0v) is 16.1. The summed E-state index contributed by atoms with van der Waals surface area (Å²) >= 11 is 0. The first-order valence-electron chi connectivity index (χ1n) is 9.42. The van der Waals surface area contributed by atoms with Crippen LogP contribution in [0.3, 0.4) is 0 Å². The van der Waals surface area contributed by atoms with Gasteiger partial charge >= 0.3 is 0 Å². The van der Waals surface area contributed by atoms with Crippen LogP contribution in [0.1, 0.15) is 30.6 Å². The number of rotatable bonds is 6. The van der Waals surface area contributed by atoms with Gasteiger partial charge in [-0.3, -0.25) is 14.9 Å². The van der Waals surface area contributed by atoms with E-state index in [4.69, 9.17) is 0 Å². The summed E-state index contributed by atoms with van der Waals surface area (Å²) in [4.78, 5) is 28.9. The second-order valence-electron chi connectivity index (χ2n) is 6.99. The molecule has 2 amide bonds. The molecule has 0 spiro atoms. The molecule has 2 aromatic carbocycles. The molecule has 0 fully saturated rings. The number of amides is 2. The molecular formula is C20H21N7O2. The topological polar surface area (TPSA) is 128 Å². The Morgan fingerprint density at radius 3 is 2.66 bits per heavy atom. The van der Waals surface area contributed by atoms with E-state index in [1.54, 1.807) is 6.07 Å². The van der Waals surface area contributed by atoms with E-state index in [-0.39, 0.29) is 23.7 Å². The predicted molar refractivity (Wildman–Crippen MR) is 109 cm³/mol. The Kier molecular flexibility index (Phi) is 4.94. The monoisotopic (exact) mass is 391 g/mol. The number of H-pyrrole nitrogens is 2. The van der Waals surface area contributed by atoms with Gasteiger partial charge in [0.15, 0.2) is 0 Å². The summed E-state index contributed by atoms with van der Waals surface area (Å²) in [5, 5.41) is 20.6. The van der Waals surface area contributed by atoms with E-state index in [9.17, 15) is 9.59 Å². The molecule has 4 rings (SSSR count). The summed E-state index contributed by atoms with van der Waals surface area (Å²) < 4.78 is 0. The van der Waals surface area contributed by atoms with Crippen molar-refractivity contribution in [2.75, 3.05) is 5.32 Å². The summed E-state index contributed by atoms with van der Waals surface area (Å²) in [6.07, 6.45) is 0.714. The number of tetrazole rings is 1. The van der Waals surface area contributed by atoms with Crippen LogP contribution in [0, 0.1) is 5.92 Å². The number of nitrogens with zero attached hydrogens (tertiary/aromatic N) is 3. The minimum Gasteiger partial charge on any atom is -0.355 e. The molecule has 2 aromatic heterocycles. The largest absolute Gasteiger partial charge is 0.355 e. The summed E-state index contributed by atoms with van der Waals surface area (Å²) in [5.41, 5.74) is 2.45. The number of aromatic nitrogens is 5. The fourth-order valence-electron chi connectivity index (χ4n) is 3.32. The Bertz CT molecular complexity index is 1170. The third kappa shape index (κ3) is 3.66. The lowest BCUT2D eigenvalue weighted by Crippen LogP contribution is -2.47. The standard InChI is InChI=1S/C20H21N7O2/c1-3-11(2)17(19(29)23-20-24-26-27-25-20)22-18(28)12-8-9-16-14(10-12)13-6-4-5-7-15(13)21-16/h4-11,17,21H,3H2,1-2H3,(H,22,28)(H2,23,24,25,26,27,29)/t11?,17-/m0/s1. The van der Waals surface area contributed by atoms with E-state index in [1.807, 2.05) is 50.2 Å². The Labute approximate surface area is 166 Å². The van der Waals surface area contributed by atoms with Crippen LogP contribution in [0.4, 0.5) is 5.95 Å². The van der Waals surface area contributed by atoms with E-state index >= 15 is 0 Å². The van der Waals surface area contributed by atoms with E-state index in [0.717, 1.165) is 21.8 Å². The van der Waals surface area contributed by atoms with E-state index in [1.165, 1.54) is 0 Å². The van der Waals surface area contributed by atoms with Crippen molar-refractivity contribution < 1.29 is 9.59 Å². The fourth-order valence-corrected chi connectivity index (χ4v) is 3.32. The molecule has 0 aliphatic rings. The number of benzene rings is 2. The zero-order chi connectivity index (χ0) is 20.4. The lowest BCUT2D eigenvalue weighted by atomic mass is 9.97. The summed E-state index contributed by atoms with van der Waals surface area (Å²) in [6, 6.07) is 12.7. The van der Waals surface area contributed by atoms with Gasteiger partial charge in [-0.1, -0.05) is 43.6 Å². The van der Waals surface area contributed by atoms with Crippen molar-refractivity contribution >= 4 is 39.6 Å². The number of anilines is 1. The van der Waals surface area contributed by atoms with Gasteiger partial charge in [-0.25, -0.2) is 0 Å². The maximum Gasteiger partial charge on any atom is 0.269 e. The molecule has 0 radical (unpaired) electrons. The van der Waals surface area contributed by atoms with E-state index in [0.29, 0.717) is 12.0 Å². The molecule has 0 aliphatic carbocycles. The van der Waals surface area contributed by atoms with Crippen LogP contribution in [0.5, 0.6) is 0 Å². The highest BCUT2D eigenvalue weighted by Gasteiger charge is 2.27. The molecule has 148 valence electrons. The highest BCUT2D eigenvalue weighted by atomic mass is 16.2. The van der Waals surface area contributed by atoms with Crippen molar-refractivity contribution in [3.8, 4) is 0 Å². The third-order valence-electron chi connectivity index (χ3n) is 5.13. The maximum absolute atomic E-state index is 12.9. The molecule has 29 heavy (non-hydrogen) atoms. The van der Waals surface area contributed by atoms with Crippen LogP contribution in [0.2, 0.25) is 0 Å². The van der Waals surface area contributed by atoms with Gasteiger partial charge in [-0.15, -0.1) is 5.10 Å². The van der Waals surface area contributed by atoms with E-state index in [2.05, 4.69) is 36.2 Å². The summed E-state index contributed by atoms with van der Waals surface area (Å²) in [6.45, 7) is 3.87. The van der Waals surface area contributed by atoms with Crippen molar-refractivity contribution in [3.63, 3.8) is 0 Å². The minimum atomic E-state index is -0.732. The lowest BCUT2D eigenvalue weighted by molar-refractivity contribution is -0.119. The van der Waals surface area contributed by atoms with Gasteiger partial charge in [0.05, 0.1) is 0 Å². The van der Waals surface area contributed by atoms with Crippen LogP contribution < -0.4 is 10.6 Å². The number of hydrogen-bond donors (Lipinski definition) is 4. The Morgan fingerprint density at radius 1 is 1.10 bits per heavy atom. The molecule has 0 bridgehead atoms. The third-order valence-corrected chi connectivity index (χ3v) is 5.13. The molecular weight excluding hydrogens is 370 g/mol. The molecule has 0 aliphatic heterocycles. The van der Waals surface area contributed by atoms with Gasteiger partial charge in [-0.2, -0.15) is 5.21 Å². The number of nitrogens with one attached hydrogen (secondary N) is 4. The Balaban J connectivity index is 1.59. The number of aromatic amines is 2. The minimum absolute atomic E-state index is 0.0674. The van der Waals surface area contributed by atoms with E-state index < -0.39 is 6.04 Å². The van der Waals surface area contributed by atoms with Gasteiger partial charge in [0.1, 0.15) is 6.04 Å². The smallest absolute Gasteiger partial charge is 0.269 e. The first-order chi connectivity index (χ1) is 14.1. The maximum atomic E-state index is 12.9. The van der Waals surface area contributed by atoms with Crippen LogP contribution in [0.15, 0.2) is 42.5 Å². The average Bonchev–Trinajstić information content (AvgIpc) is 3.38. The van der Waals surface area contributed by atoms with Gasteiger partial charge in [0, 0.05) is 27.4 Å². The lowest BCUT2D eigenvalue weighted by Gasteiger charge is -2.22. The number of carbonyl (C=O) groups excluding carboxylic acids is 2. The molecule has 9 heteroatoms. The number of hydrogen-bond acceptors (Lipinski definition) is 5. The Hall–Kier alpha value is -3.75. The number of carbonyl (C=O) groups is 2. The van der Waals surface area contributed by atoms with Crippen LogP contribution in [-0.2, 0) is 4.79 Å². The molecule has 4 aromatic rings. The molecule has 4 N–H and O–H groups in total. The average molecular weight is 391 g/mol. The highest BCUT2D eigenvalue weighted by Crippen LogP contribution is 2.26. The van der Waals surface area contributed by atoms with Gasteiger partial charge in [-0.05, 0) is 35.4 Å². The second-order valence-corrected chi connectivity index (χ2v) is 6.99. The van der Waals surface area contributed by atoms with Crippen LogP contribution in [-0.4, -0.2) is 43.5 Å². The van der Waals surface area contributed by atoms with Crippen molar-refractivity contribution in [3.05, 3.63) is 48.0 Å². The molecule has 1 unspecified atom stereocenters. The van der Waals surface area contributed by atoms with Crippen LogP contribution >= 0.6 is 0 Å². The van der Waals surface area contributed by atoms with Gasteiger partial charge in [0.25, 0.3) is 11.9 Å². The van der Waals surface area contributed by atoms with Gasteiger partial charge < -0.3 is 10.3 Å². The number of fused-ring (bicyclic) bond motifs is 3. The van der Waals surface area contributed by atoms with Crippen molar-refractivity contribution in [2.24, 2.45) is 5.92 Å². The first-order valence-corrected chi connectivity index (χ1v) is 9.42. The molecule has 2 atom stereocenters. The molecule has 0 saturated heterocycles. The molecule has 9 nitrogen and oxygen atoms in total. The molecule has 0 saturated carbocycles. The van der Waals surface area contributed by atoms with Crippen molar-refractivity contribution in [1.82, 2.24) is 30.9 Å². The second kappa shape index (κ2) is 7.70. The zero-order valence-electron chi connectivity index (χ0n) is 16.1. The van der Waals surface area contributed by atoms with Crippen molar-refractivity contribution in [1.29, 1.82) is 0 Å². The summed E-state index contributed by atoms with van der Waals surface area (Å²) in [5.74, 6) is -0.714. The SMILES string of the molecule is CCC(C)[C@H](NC(=O)c1ccc2[nH]c3ccccc3c2c1)C(=O)Nc1nn[nH]n1. The molecule has 2 heterocycles. The predicted octanol–water partition coefficient (Wildman–Crippen LogP) is 2.62. The fraction of sp³-hybridized carbons (Fsp3) is 0.250. The quantitative estimate of drug-likeness (QED) is 0.402. The summed E-state index contributed by atoms with van der Waals surface area (Å²) in [7, 11) is 0. The van der Waals surface area contributed by atoms with Gasteiger partial charge in [0.2, 0.25) is 5.91 Å². The van der Waals surface area contributed by atoms with Crippen LogP contribution in [0.25, 0.3) is 21.8 Å². The normalized spacial score (nSPS) is 13.3.